The van der Waals surface area contributed by atoms with Gasteiger partial charge in [-0.25, -0.2) is 0 Å². The highest BCUT2D eigenvalue weighted by Crippen LogP contribution is 2.69. The van der Waals surface area contributed by atoms with Crippen LogP contribution < -0.4 is 0 Å². The van der Waals surface area contributed by atoms with E-state index in [0.29, 0.717) is 42.3 Å². The van der Waals surface area contributed by atoms with E-state index in [1.165, 1.54) is 6.29 Å². The Morgan fingerprint density at radius 3 is 2.59 bits per heavy atom. The molecule has 1 N–H and O–H groups in total. The van der Waals surface area contributed by atoms with Crippen molar-refractivity contribution in [1.29, 1.82) is 0 Å². The summed E-state index contributed by atoms with van der Waals surface area (Å²) in [6.07, 6.45) is 8.25. The number of fused-ring (bicyclic) bond motifs is 5. The zero-order chi connectivity index (χ0) is 19.6. The third kappa shape index (κ3) is 2.62. The third-order valence-corrected chi connectivity index (χ3v) is 9.67. The molecule has 4 heteroatoms. The highest BCUT2D eigenvalue weighted by Gasteiger charge is 2.67. The van der Waals surface area contributed by atoms with Crippen molar-refractivity contribution in [3.63, 3.8) is 0 Å². The number of Topliss-reactive ketones (excluding diaryl/α,β-unsaturated/α-hetero) is 1. The van der Waals surface area contributed by atoms with Gasteiger partial charge in [-0.3, -0.25) is 4.79 Å². The molecule has 0 aromatic heterocycles. The van der Waals surface area contributed by atoms with Crippen LogP contribution in [0.1, 0.15) is 65.2 Å². The van der Waals surface area contributed by atoms with Crippen molar-refractivity contribution in [3.8, 4) is 0 Å². The molecule has 0 aliphatic heterocycles. The van der Waals surface area contributed by atoms with Crippen LogP contribution in [0.15, 0.2) is 0 Å². The Kier molecular flexibility index (Phi) is 4.63. The van der Waals surface area contributed by atoms with Gasteiger partial charge in [0.25, 0.3) is 0 Å². The molecule has 4 saturated carbocycles. The number of aldehydes is 1. The topological polar surface area (TPSA) is 57.6 Å². The van der Waals surface area contributed by atoms with Gasteiger partial charge < -0.3 is 14.8 Å². The summed E-state index contributed by atoms with van der Waals surface area (Å²) in [6.45, 7) is 5.43. The Morgan fingerprint density at radius 2 is 1.93 bits per heavy atom. The molecule has 0 saturated heterocycles. The second kappa shape index (κ2) is 6.38. The molecule has 4 aliphatic carbocycles. The van der Waals surface area contributed by atoms with E-state index >= 15 is 0 Å². The molecule has 0 aromatic rings. The van der Waals surface area contributed by atoms with E-state index in [-0.39, 0.29) is 22.3 Å². The summed E-state index contributed by atoms with van der Waals surface area (Å²) in [6, 6.07) is 0. The van der Waals surface area contributed by atoms with Gasteiger partial charge in [-0.15, -0.1) is 0 Å². The molecule has 4 rings (SSSR count). The van der Waals surface area contributed by atoms with E-state index in [4.69, 9.17) is 0 Å². The number of carbonyl (C=O) groups is 2. The predicted octanol–water partition coefficient (Wildman–Crippen LogP) is 3.32. The Hall–Kier alpha value is -0.740. The summed E-state index contributed by atoms with van der Waals surface area (Å²) in [5.41, 5.74) is -0.369. The molecule has 152 valence electrons. The number of ketones is 1. The van der Waals surface area contributed by atoms with E-state index in [2.05, 4.69) is 32.8 Å². The highest BCUT2D eigenvalue weighted by molar-refractivity contribution is 5.79. The van der Waals surface area contributed by atoms with Gasteiger partial charge in [0.1, 0.15) is 12.1 Å². The fraction of sp³-hybridized carbons (Fsp3) is 0.913. The maximum atomic E-state index is 12.4. The molecule has 0 radical (unpaired) electrons. The average molecular weight is 376 g/mol. The van der Waals surface area contributed by atoms with Crippen molar-refractivity contribution in [2.45, 2.75) is 71.3 Å². The Labute approximate surface area is 164 Å². The van der Waals surface area contributed by atoms with E-state index in [9.17, 15) is 14.7 Å². The zero-order valence-corrected chi connectivity index (χ0v) is 17.5. The Morgan fingerprint density at radius 1 is 1.19 bits per heavy atom. The van der Waals surface area contributed by atoms with Crippen molar-refractivity contribution in [2.75, 3.05) is 20.6 Å². The Bertz CT molecular complexity index is 633. The van der Waals surface area contributed by atoms with Crippen molar-refractivity contribution in [1.82, 2.24) is 4.90 Å². The molecule has 0 amide bonds. The molecule has 0 aromatic carbocycles. The molecule has 4 nitrogen and oxygen atoms in total. The van der Waals surface area contributed by atoms with Gasteiger partial charge in [0.05, 0.1) is 6.10 Å². The third-order valence-electron chi connectivity index (χ3n) is 9.67. The van der Waals surface area contributed by atoms with Gasteiger partial charge in [-0.2, -0.15) is 0 Å². The molecule has 0 bridgehead atoms. The number of carbonyl (C=O) groups excluding carboxylic acids is 2. The first-order chi connectivity index (χ1) is 12.7. The minimum Gasteiger partial charge on any atom is -0.393 e. The molecular weight excluding hydrogens is 338 g/mol. The van der Waals surface area contributed by atoms with Crippen molar-refractivity contribution >= 4 is 12.1 Å². The quantitative estimate of drug-likeness (QED) is 0.769. The van der Waals surface area contributed by atoms with Gasteiger partial charge in [-0.1, -0.05) is 13.8 Å². The molecule has 0 heterocycles. The maximum absolute atomic E-state index is 12.4. The van der Waals surface area contributed by atoms with Gasteiger partial charge >= 0.3 is 0 Å². The van der Waals surface area contributed by atoms with E-state index in [1.54, 1.807) is 0 Å². The van der Waals surface area contributed by atoms with E-state index < -0.39 is 0 Å². The summed E-state index contributed by atoms with van der Waals surface area (Å²) in [7, 11) is 4.10. The number of aliphatic hydroxyl groups excluding tert-OH is 1. The number of hydrogen-bond acceptors (Lipinski definition) is 4. The van der Waals surface area contributed by atoms with Crippen LogP contribution in [0.3, 0.4) is 0 Å². The normalized spacial score (nSPS) is 52.2. The summed E-state index contributed by atoms with van der Waals surface area (Å²) in [5.74, 6) is 2.17. The largest absolute Gasteiger partial charge is 0.393 e. The molecule has 27 heavy (non-hydrogen) atoms. The van der Waals surface area contributed by atoms with Crippen LogP contribution in [0.4, 0.5) is 0 Å². The minimum atomic E-state index is -0.350. The first-order valence-corrected chi connectivity index (χ1v) is 11.0. The fourth-order valence-electron chi connectivity index (χ4n) is 8.38. The van der Waals surface area contributed by atoms with Gasteiger partial charge in [0.15, 0.2) is 0 Å². The summed E-state index contributed by atoms with van der Waals surface area (Å²) < 4.78 is 0. The average Bonchev–Trinajstić information content (AvgIpc) is 2.87. The van der Waals surface area contributed by atoms with E-state index in [0.717, 1.165) is 45.1 Å². The number of rotatable bonds is 3. The standard InChI is InChI=1S/C23H37NO3/c1-21-9-7-16(26)11-15(21)5-6-17-18-8-10-23(14-25,13-24(3)4)22(18,2)12-19(27)20(17)21/h14-15,17-20,27H,5-13H2,1-4H3/t15?,17?,18?,19-,20?,21-,22-,23?/m0/s1. The summed E-state index contributed by atoms with van der Waals surface area (Å²) in [4.78, 5) is 26.6. The first kappa shape index (κ1) is 19.6. The van der Waals surface area contributed by atoms with Gasteiger partial charge in [0.2, 0.25) is 0 Å². The molecule has 5 unspecified atom stereocenters. The van der Waals surface area contributed by atoms with Crippen molar-refractivity contribution in [3.05, 3.63) is 0 Å². The lowest BCUT2D eigenvalue weighted by Gasteiger charge is -2.62. The van der Waals surface area contributed by atoms with Crippen molar-refractivity contribution in [2.24, 2.45) is 39.9 Å². The van der Waals surface area contributed by atoms with Crippen LogP contribution in [0.5, 0.6) is 0 Å². The maximum Gasteiger partial charge on any atom is 0.133 e. The predicted molar refractivity (Wildman–Crippen MR) is 105 cm³/mol. The minimum absolute atomic E-state index is 0.0888. The number of nitrogens with zero attached hydrogens (tertiary/aromatic N) is 1. The van der Waals surface area contributed by atoms with Gasteiger partial charge in [0, 0.05) is 24.8 Å². The summed E-state index contributed by atoms with van der Waals surface area (Å²) >= 11 is 0. The molecule has 4 aliphatic rings. The lowest BCUT2D eigenvalue weighted by atomic mass is 9.43. The SMILES string of the molecule is CN(C)CC1(C=O)CCC2C3CCC4CC(=O)CC[C@]4(C)C3[C@@H](O)C[C@@]21C. The van der Waals surface area contributed by atoms with Crippen LogP contribution in [-0.2, 0) is 9.59 Å². The van der Waals surface area contributed by atoms with Crippen LogP contribution in [0.2, 0.25) is 0 Å². The number of hydrogen-bond donors (Lipinski definition) is 1. The number of aliphatic hydroxyl groups is 1. The van der Waals surface area contributed by atoms with Crippen LogP contribution in [-0.4, -0.2) is 48.8 Å². The van der Waals surface area contributed by atoms with E-state index in [1.807, 2.05) is 0 Å². The molecule has 0 spiro atoms. The fourth-order valence-corrected chi connectivity index (χ4v) is 8.38. The molecular formula is C23H37NO3. The van der Waals surface area contributed by atoms with Crippen LogP contribution >= 0.6 is 0 Å². The smallest absolute Gasteiger partial charge is 0.133 e. The second-order valence-corrected chi connectivity index (χ2v) is 11.1. The first-order valence-electron chi connectivity index (χ1n) is 11.0. The summed E-state index contributed by atoms with van der Waals surface area (Å²) in [5, 5.41) is 11.4. The monoisotopic (exact) mass is 375 g/mol. The molecule has 4 fully saturated rings. The lowest BCUT2D eigenvalue weighted by molar-refractivity contribution is -0.182. The van der Waals surface area contributed by atoms with Crippen LogP contribution in [0.25, 0.3) is 0 Å². The van der Waals surface area contributed by atoms with Gasteiger partial charge in [-0.05, 0) is 87.1 Å². The molecule has 8 atom stereocenters. The van der Waals surface area contributed by atoms with Crippen LogP contribution in [0, 0.1) is 39.9 Å². The Balaban J connectivity index is 1.69. The zero-order valence-electron chi connectivity index (χ0n) is 17.5. The second-order valence-electron chi connectivity index (χ2n) is 11.1. The van der Waals surface area contributed by atoms with Crippen molar-refractivity contribution < 1.29 is 14.7 Å². The highest BCUT2D eigenvalue weighted by atomic mass is 16.3. The lowest BCUT2D eigenvalue weighted by Crippen LogP contribution is -2.61.